The van der Waals surface area contributed by atoms with Gasteiger partial charge in [-0.25, -0.2) is 4.39 Å². The Morgan fingerprint density at radius 1 is 1.53 bits per heavy atom. The van der Waals surface area contributed by atoms with E-state index in [4.69, 9.17) is 10.00 Å². The van der Waals surface area contributed by atoms with Gasteiger partial charge >= 0.3 is 0 Å². The summed E-state index contributed by atoms with van der Waals surface area (Å²) in [5.74, 6) is -0.525. The first-order valence-electron chi connectivity index (χ1n) is 6.07. The molecule has 1 aromatic rings. The van der Waals surface area contributed by atoms with Crippen molar-refractivity contribution in [3.05, 3.63) is 35.6 Å². The largest absolute Gasteiger partial charge is 0.377 e. The van der Waals surface area contributed by atoms with Crippen molar-refractivity contribution < 1.29 is 13.9 Å². The van der Waals surface area contributed by atoms with E-state index in [1.165, 1.54) is 11.0 Å². The zero-order valence-corrected chi connectivity index (χ0v) is 10.7. The van der Waals surface area contributed by atoms with Gasteiger partial charge in [0.15, 0.2) is 5.41 Å². The summed E-state index contributed by atoms with van der Waals surface area (Å²) in [6, 6.07) is 8.50. The Bertz CT molecular complexity index is 520. The topological polar surface area (TPSA) is 53.3 Å². The minimum absolute atomic E-state index is 0.145. The number of likely N-dealkylation sites (N-methyl/N-ethyl adjacent to an activating group) is 1. The number of hydrogen-bond donors (Lipinski definition) is 0. The summed E-state index contributed by atoms with van der Waals surface area (Å²) in [5, 5.41) is 9.05. The van der Waals surface area contributed by atoms with E-state index in [1.807, 2.05) is 6.07 Å². The number of nitriles is 1. The Labute approximate surface area is 111 Å². The minimum atomic E-state index is -1.04. The van der Waals surface area contributed by atoms with Gasteiger partial charge in [0.25, 0.3) is 0 Å². The third-order valence-corrected chi connectivity index (χ3v) is 3.34. The number of carbonyl (C=O) groups excluding carboxylic acids is 1. The van der Waals surface area contributed by atoms with Crippen molar-refractivity contribution in [1.82, 2.24) is 4.90 Å². The van der Waals surface area contributed by atoms with Crippen LogP contribution in [0, 0.1) is 22.6 Å². The van der Waals surface area contributed by atoms with Gasteiger partial charge in [-0.3, -0.25) is 4.79 Å². The number of hydrogen-bond acceptors (Lipinski definition) is 3. The highest BCUT2D eigenvalue weighted by Crippen LogP contribution is 2.28. The fourth-order valence-electron chi connectivity index (χ4n) is 2.00. The van der Waals surface area contributed by atoms with Gasteiger partial charge in [-0.1, -0.05) is 18.2 Å². The van der Waals surface area contributed by atoms with Gasteiger partial charge < -0.3 is 9.64 Å². The smallest absolute Gasteiger partial charge is 0.247 e. The monoisotopic (exact) mass is 262 g/mol. The Hall–Kier alpha value is -1.93. The van der Waals surface area contributed by atoms with E-state index >= 15 is 0 Å². The zero-order valence-electron chi connectivity index (χ0n) is 10.7. The molecule has 0 N–H and O–H groups in total. The summed E-state index contributed by atoms with van der Waals surface area (Å²) in [6.07, 6.45) is 0.428. The van der Waals surface area contributed by atoms with Gasteiger partial charge in [-0.05, 0) is 18.1 Å². The molecule has 100 valence electrons. The molecule has 0 atom stereocenters. The fourth-order valence-corrected chi connectivity index (χ4v) is 2.00. The van der Waals surface area contributed by atoms with Crippen LogP contribution < -0.4 is 0 Å². The summed E-state index contributed by atoms with van der Waals surface area (Å²) in [5.41, 5.74) is -0.470. The third-order valence-electron chi connectivity index (χ3n) is 3.34. The van der Waals surface area contributed by atoms with E-state index in [0.717, 1.165) is 0 Å². The second kappa shape index (κ2) is 5.37. The number of ether oxygens (including phenoxy) is 1. The van der Waals surface area contributed by atoms with E-state index < -0.39 is 5.41 Å². The second-order valence-corrected chi connectivity index (χ2v) is 4.75. The lowest BCUT2D eigenvalue weighted by molar-refractivity contribution is -0.159. The molecule has 1 aliphatic rings. The Morgan fingerprint density at radius 3 is 2.74 bits per heavy atom. The highest BCUT2D eigenvalue weighted by Gasteiger charge is 2.47. The molecule has 1 saturated heterocycles. The Balaban J connectivity index is 1.95. The van der Waals surface area contributed by atoms with Crippen molar-refractivity contribution >= 4 is 5.91 Å². The molecule has 0 radical (unpaired) electrons. The van der Waals surface area contributed by atoms with Crippen LogP contribution in [0.1, 0.15) is 5.56 Å². The highest BCUT2D eigenvalue weighted by atomic mass is 19.1. The standard InChI is InChI=1S/C14H15FN2O2/c1-17(13(18)14(8-16)9-19-10-14)7-6-11-4-2-3-5-12(11)15/h2-5H,6-7,9-10H2,1H3. The van der Waals surface area contributed by atoms with Crippen LogP contribution in [-0.4, -0.2) is 37.6 Å². The molecule has 0 bridgehead atoms. The van der Waals surface area contributed by atoms with Gasteiger partial charge in [-0.2, -0.15) is 5.26 Å². The van der Waals surface area contributed by atoms with Crippen molar-refractivity contribution in [2.45, 2.75) is 6.42 Å². The maximum absolute atomic E-state index is 13.4. The number of carbonyl (C=O) groups is 1. The highest BCUT2D eigenvalue weighted by molar-refractivity contribution is 5.86. The van der Waals surface area contributed by atoms with Crippen LogP contribution in [0.4, 0.5) is 4.39 Å². The van der Waals surface area contributed by atoms with E-state index in [9.17, 15) is 9.18 Å². The molecule has 2 rings (SSSR count). The normalized spacial score (nSPS) is 16.3. The fraction of sp³-hybridized carbons (Fsp3) is 0.429. The molecule has 0 aromatic heterocycles. The maximum Gasteiger partial charge on any atom is 0.247 e. The molecule has 1 aliphatic heterocycles. The molecule has 19 heavy (non-hydrogen) atoms. The van der Waals surface area contributed by atoms with Gasteiger partial charge in [-0.15, -0.1) is 0 Å². The van der Waals surface area contributed by atoms with E-state index in [-0.39, 0.29) is 24.9 Å². The molecule has 1 fully saturated rings. The van der Waals surface area contributed by atoms with Crippen LogP contribution >= 0.6 is 0 Å². The molecule has 0 aliphatic carbocycles. The molecular formula is C14H15FN2O2. The maximum atomic E-state index is 13.4. The summed E-state index contributed by atoms with van der Waals surface area (Å²) < 4.78 is 18.4. The quantitative estimate of drug-likeness (QED) is 0.823. The number of benzene rings is 1. The molecule has 0 saturated carbocycles. The number of nitrogens with zero attached hydrogens (tertiary/aromatic N) is 2. The van der Waals surface area contributed by atoms with Gasteiger partial charge in [0.1, 0.15) is 5.82 Å². The summed E-state index contributed by atoms with van der Waals surface area (Å²) in [4.78, 5) is 13.6. The molecule has 1 heterocycles. The predicted octanol–water partition coefficient (Wildman–Crippen LogP) is 1.37. The first-order chi connectivity index (χ1) is 9.09. The molecule has 0 spiro atoms. The van der Waals surface area contributed by atoms with Crippen LogP contribution in [0.15, 0.2) is 24.3 Å². The van der Waals surface area contributed by atoms with Crippen molar-refractivity contribution in [1.29, 1.82) is 5.26 Å². The van der Waals surface area contributed by atoms with Gasteiger partial charge in [0.05, 0.1) is 19.3 Å². The number of rotatable bonds is 4. The predicted molar refractivity (Wildman–Crippen MR) is 66.6 cm³/mol. The number of amides is 1. The summed E-state index contributed by atoms with van der Waals surface area (Å²) in [7, 11) is 1.63. The molecule has 1 aromatic carbocycles. The van der Waals surface area contributed by atoms with Crippen LogP contribution in [-0.2, 0) is 16.0 Å². The molecule has 1 amide bonds. The average molecular weight is 262 g/mol. The first-order valence-corrected chi connectivity index (χ1v) is 6.07. The number of halogens is 1. The lowest BCUT2D eigenvalue weighted by Crippen LogP contribution is -2.53. The molecule has 4 nitrogen and oxygen atoms in total. The summed E-state index contributed by atoms with van der Waals surface area (Å²) >= 11 is 0. The first kappa shape index (κ1) is 13.5. The SMILES string of the molecule is CN(CCc1ccccc1F)C(=O)C1(C#N)COC1. The van der Waals surface area contributed by atoms with Crippen molar-refractivity contribution in [2.24, 2.45) is 5.41 Å². The van der Waals surface area contributed by atoms with Crippen LogP contribution in [0.2, 0.25) is 0 Å². The average Bonchev–Trinajstić information content (AvgIpc) is 2.36. The van der Waals surface area contributed by atoms with E-state index in [1.54, 1.807) is 25.2 Å². The lowest BCUT2D eigenvalue weighted by Gasteiger charge is -2.36. The van der Waals surface area contributed by atoms with Crippen molar-refractivity contribution in [2.75, 3.05) is 26.8 Å². The Morgan fingerprint density at radius 2 is 2.21 bits per heavy atom. The minimum Gasteiger partial charge on any atom is -0.377 e. The molecular weight excluding hydrogens is 247 g/mol. The third kappa shape index (κ3) is 2.59. The van der Waals surface area contributed by atoms with Crippen LogP contribution in [0.3, 0.4) is 0 Å². The van der Waals surface area contributed by atoms with Crippen LogP contribution in [0.25, 0.3) is 0 Å². The Kier molecular flexibility index (Phi) is 3.82. The van der Waals surface area contributed by atoms with E-state index in [2.05, 4.69) is 0 Å². The van der Waals surface area contributed by atoms with Crippen molar-refractivity contribution in [3.8, 4) is 6.07 Å². The molecule has 0 unspecified atom stereocenters. The van der Waals surface area contributed by atoms with Crippen LogP contribution in [0.5, 0.6) is 0 Å². The lowest BCUT2D eigenvalue weighted by atomic mass is 9.86. The summed E-state index contributed by atoms with van der Waals surface area (Å²) in [6.45, 7) is 0.669. The second-order valence-electron chi connectivity index (χ2n) is 4.75. The van der Waals surface area contributed by atoms with Gasteiger partial charge in [0.2, 0.25) is 5.91 Å². The van der Waals surface area contributed by atoms with E-state index in [0.29, 0.717) is 18.5 Å². The van der Waals surface area contributed by atoms with Crippen molar-refractivity contribution in [3.63, 3.8) is 0 Å². The zero-order chi connectivity index (χ0) is 13.9. The van der Waals surface area contributed by atoms with Gasteiger partial charge in [0, 0.05) is 13.6 Å². The molecule has 5 heteroatoms.